The van der Waals surface area contributed by atoms with E-state index in [9.17, 15) is 0 Å². The molecule has 2 nitrogen and oxygen atoms in total. The predicted octanol–water partition coefficient (Wildman–Crippen LogP) is 1.52. The quantitative estimate of drug-likeness (QED) is 0.605. The van der Waals surface area contributed by atoms with E-state index in [1.54, 1.807) is 0 Å². The van der Waals surface area contributed by atoms with Gasteiger partial charge in [0, 0.05) is 0 Å². The van der Waals surface area contributed by atoms with Gasteiger partial charge in [-0.3, -0.25) is 0 Å². The number of nitrogens with two attached hydrogens (primary N) is 1. The van der Waals surface area contributed by atoms with Crippen molar-refractivity contribution in [2.45, 2.75) is 26.8 Å². The second kappa shape index (κ2) is 4.34. The summed E-state index contributed by atoms with van der Waals surface area (Å²) in [7, 11) is 0. The highest BCUT2D eigenvalue weighted by atomic mass is 16.5. The fourth-order valence-electron chi connectivity index (χ4n) is 0.653. The molecule has 0 saturated heterocycles. The number of hydrogen-bond acceptors (Lipinski definition) is 2. The molecule has 10 heavy (non-hydrogen) atoms. The molecule has 0 aliphatic heterocycles. The third-order valence-corrected chi connectivity index (χ3v) is 1.42. The minimum atomic E-state index is -0.0278. The van der Waals surface area contributed by atoms with Gasteiger partial charge in [-0.1, -0.05) is 20.4 Å². The lowest BCUT2D eigenvalue weighted by Crippen LogP contribution is -2.29. The highest BCUT2D eigenvalue weighted by molar-refractivity contribution is 4.96. The molecule has 0 rings (SSSR count). The summed E-state index contributed by atoms with van der Waals surface area (Å²) in [5, 5.41) is 0. The van der Waals surface area contributed by atoms with Gasteiger partial charge in [-0.05, 0) is 12.8 Å². The van der Waals surface area contributed by atoms with Crippen LogP contribution in [0.1, 0.15) is 20.8 Å². The summed E-state index contributed by atoms with van der Waals surface area (Å²) in [4.78, 5) is 0. The lowest BCUT2D eigenvalue weighted by atomic mass is 10.0. The predicted molar refractivity (Wildman–Crippen MR) is 43.6 cm³/mol. The Bertz CT molecular complexity index is 110. The van der Waals surface area contributed by atoms with Gasteiger partial charge in [0.05, 0.1) is 12.6 Å². The Balaban J connectivity index is 3.71. The largest absolute Gasteiger partial charge is 0.497 e. The molecule has 0 aromatic rings. The molecule has 2 heteroatoms. The van der Waals surface area contributed by atoms with Gasteiger partial charge in [0.1, 0.15) is 5.76 Å². The minimum Gasteiger partial charge on any atom is -0.497 e. The van der Waals surface area contributed by atoms with E-state index in [0.717, 1.165) is 0 Å². The standard InChI is InChI=1S/C8H17NO/c1-5-10-7(4)8(9)6(2)3/h6,8H,4-5,9H2,1-3H3. The zero-order chi connectivity index (χ0) is 8.15. The van der Waals surface area contributed by atoms with Crippen LogP contribution in [0.5, 0.6) is 0 Å². The molecule has 0 heterocycles. The average molecular weight is 143 g/mol. The van der Waals surface area contributed by atoms with Crippen molar-refractivity contribution in [3.8, 4) is 0 Å². The van der Waals surface area contributed by atoms with Gasteiger partial charge in [0.15, 0.2) is 0 Å². The van der Waals surface area contributed by atoms with Gasteiger partial charge in [-0.2, -0.15) is 0 Å². The van der Waals surface area contributed by atoms with Crippen LogP contribution >= 0.6 is 0 Å². The van der Waals surface area contributed by atoms with E-state index in [2.05, 4.69) is 20.4 Å². The van der Waals surface area contributed by atoms with Crippen molar-refractivity contribution in [1.29, 1.82) is 0 Å². The molecule has 0 bridgehead atoms. The highest BCUT2D eigenvalue weighted by Gasteiger charge is 2.11. The normalized spacial score (nSPS) is 13.3. The van der Waals surface area contributed by atoms with Crippen molar-refractivity contribution in [3.63, 3.8) is 0 Å². The Morgan fingerprint density at radius 2 is 2.10 bits per heavy atom. The van der Waals surface area contributed by atoms with E-state index in [1.165, 1.54) is 0 Å². The maximum Gasteiger partial charge on any atom is 0.106 e. The van der Waals surface area contributed by atoms with Gasteiger partial charge >= 0.3 is 0 Å². The third kappa shape index (κ3) is 2.87. The van der Waals surface area contributed by atoms with Crippen molar-refractivity contribution in [3.05, 3.63) is 12.3 Å². The molecule has 1 unspecified atom stereocenters. The Morgan fingerprint density at radius 1 is 1.60 bits per heavy atom. The second-order valence-electron chi connectivity index (χ2n) is 2.67. The smallest absolute Gasteiger partial charge is 0.106 e. The van der Waals surface area contributed by atoms with Crippen LogP contribution in [0.15, 0.2) is 12.3 Å². The first kappa shape index (κ1) is 9.50. The number of rotatable bonds is 4. The van der Waals surface area contributed by atoms with Gasteiger partial charge in [-0.25, -0.2) is 0 Å². The van der Waals surface area contributed by atoms with Crippen LogP contribution < -0.4 is 5.73 Å². The lowest BCUT2D eigenvalue weighted by Gasteiger charge is -2.17. The van der Waals surface area contributed by atoms with E-state index < -0.39 is 0 Å². The van der Waals surface area contributed by atoms with E-state index in [1.807, 2.05) is 6.92 Å². The van der Waals surface area contributed by atoms with Gasteiger partial charge in [-0.15, -0.1) is 0 Å². The zero-order valence-corrected chi connectivity index (χ0v) is 7.05. The zero-order valence-electron chi connectivity index (χ0n) is 7.05. The first-order chi connectivity index (χ1) is 4.59. The Hall–Kier alpha value is -0.500. The maximum absolute atomic E-state index is 5.72. The molecule has 0 aliphatic rings. The van der Waals surface area contributed by atoms with Crippen LogP contribution in [-0.2, 0) is 4.74 Å². The molecule has 0 amide bonds. The molecule has 0 saturated carbocycles. The van der Waals surface area contributed by atoms with Crippen LogP contribution in [0.25, 0.3) is 0 Å². The molecule has 1 atom stereocenters. The lowest BCUT2D eigenvalue weighted by molar-refractivity contribution is 0.199. The van der Waals surface area contributed by atoms with Gasteiger partial charge in [0.25, 0.3) is 0 Å². The van der Waals surface area contributed by atoms with Crippen LogP contribution in [0, 0.1) is 5.92 Å². The summed E-state index contributed by atoms with van der Waals surface area (Å²) >= 11 is 0. The second-order valence-corrected chi connectivity index (χ2v) is 2.67. The Labute approximate surface area is 63.1 Å². The fourth-order valence-corrected chi connectivity index (χ4v) is 0.653. The number of hydrogen-bond donors (Lipinski definition) is 1. The molecule has 0 fully saturated rings. The van der Waals surface area contributed by atoms with Crippen molar-refractivity contribution >= 4 is 0 Å². The molecule has 0 spiro atoms. The van der Waals surface area contributed by atoms with Crippen LogP contribution in [0.2, 0.25) is 0 Å². The topological polar surface area (TPSA) is 35.2 Å². The average Bonchev–Trinajstić information content (AvgIpc) is 1.87. The molecule has 0 aromatic heterocycles. The summed E-state index contributed by atoms with van der Waals surface area (Å²) in [6, 6.07) is -0.0278. The van der Waals surface area contributed by atoms with Gasteiger partial charge in [0.2, 0.25) is 0 Å². The monoisotopic (exact) mass is 143 g/mol. The van der Waals surface area contributed by atoms with Gasteiger partial charge < -0.3 is 10.5 Å². The van der Waals surface area contributed by atoms with Crippen molar-refractivity contribution in [1.82, 2.24) is 0 Å². The van der Waals surface area contributed by atoms with E-state index >= 15 is 0 Å². The molecule has 0 aromatic carbocycles. The SMILES string of the molecule is C=C(OCC)C(N)C(C)C. The van der Waals surface area contributed by atoms with E-state index in [4.69, 9.17) is 10.5 Å². The number of ether oxygens (including phenoxy) is 1. The Kier molecular flexibility index (Phi) is 4.12. The van der Waals surface area contributed by atoms with E-state index in [0.29, 0.717) is 18.3 Å². The first-order valence-electron chi connectivity index (χ1n) is 3.66. The van der Waals surface area contributed by atoms with Crippen molar-refractivity contribution in [2.24, 2.45) is 11.7 Å². The van der Waals surface area contributed by atoms with Crippen molar-refractivity contribution in [2.75, 3.05) is 6.61 Å². The summed E-state index contributed by atoms with van der Waals surface area (Å²) in [6.45, 7) is 10.4. The van der Waals surface area contributed by atoms with Crippen LogP contribution in [0.4, 0.5) is 0 Å². The summed E-state index contributed by atoms with van der Waals surface area (Å²) in [5.74, 6) is 1.09. The van der Waals surface area contributed by atoms with Crippen molar-refractivity contribution < 1.29 is 4.74 Å². The van der Waals surface area contributed by atoms with Crippen LogP contribution in [0.3, 0.4) is 0 Å². The molecule has 0 aliphatic carbocycles. The highest BCUT2D eigenvalue weighted by Crippen LogP contribution is 2.08. The summed E-state index contributed by atoms with van der Waals surface area (Å²) in [6.07, 6.45) is 0. The molecular formula is C8H17NO. The minimum absolute atomic E-state index is 0.0278. The maximum atomic E-state index is 5.72. The fraction of sp³-hybridized carbons (Fsp3) is 0.750. The third-order valence-electron chi connectivity index (χ3n) is 1.42. The Morgan fingerprint density at radius 3 is 2.40 bits per heavy atom. The molecule has 2 N–H and O–H groups in total. The molecule has 0 radical (unpaired) electrons. The van der Waals surface area contributed by atoms with Crippen LogP contribution in [-0.4, -0.2) is 12.6 Å². The summed E-state index contributed by atoms with van der Waals surface area (Å²) < 4.78 is 5.15. The molecular weight excluding hydrogens is 126 g/mol. The summed E-state index contributed by atoms with van der Waals surface area (Å²) in [5.41, 5.74) is 5.72. The first-order valence-corrected chi connectivity index (χ1v) is 3.66. The van der Waals surface area contributed by atoms with E-state index in [-0.39, 0.29) is 6.04 Å². The molecule has 60 valence electrons.